The molecule has 1 heterocycles. The average molecular weight is 370 g/mol. The van der Waals surface area contributed by atoms with E-state index in [1.807, 2.05) is 11.8 Å². The van der Waals surface area contributed by atoms with Crippen molar-refractivity contribution in [2.24, 2.45) is 17.6 Å². The molecule has 7 heteroatoms. The van der Waals surface area contributed by atoms with Crippen LogP contribution in [0.3, 0.4) is 0 Å². The predicted octanol–water partition coefficient (Wildman–Crippen LogP) is 1.51. The van der Waals surface area contributed by atoms with Gasteiger partial charge < -0.3 is 15.7 Å². The van der Waals surface area contributed by atoms with Crippen molar-refractivity contribution in [1.82, 2.24) is 9.80 Å². The molecule has 0 aromatic carbocycles. The predicted molar refractivity (Wildman–Crippen MR) is 98.3 cm³/mol. The van der Waals surface area contributed by atoms with Crippen LogP contribution in [-0.2, 0) is 4.79 Å². The highest BCUT2D eigenvalue weighted by molar-refractivity contribution is 5.85. The van der Waals surface area contributed by atoms with Gasteiger partial charge in [0.25, 0.3) is 0 Å². The van der Waals surface area contributed by atoms with Gasteiger partial charge in [0.2, 0.25) is 5.91 Å². The van der Waals surface area contributed by atoms with Gasteiger partial charge in [0.1, 0.15) is 0 Å². The van der Waals surface area contributed by atoms with Gasteiger partial charge in [0.15, 0.2) is 0 Å². The van der Waals surface area contributed by atoms with E-state index in [4.69, 9.17) is 5.73 Å². The standard InChI is InChI=1S/C16H31N3O2.2ClH/c1-3-14-11-19(8-7-18(14)10-12(2)20)16(21)15-6-4-5-13(15)9-17;;/h12-15,20H,3-11,17H2,1-2H3;2*1H/t12?,13-,14?,15-;;/m1../s1. The van der Waals surface area contributed by atoms with Crippen LogP contribution in [0, 0.1) is 11.8 Å². The molecule has 3 N–H and O–H groups in total. The molecule has 0 aromatic rings. The molecule has 0 bridgehead atoms. The minimum Gasteiger partial charge on any atom is -0.392 e. The van der Waals surface area contributed by atoms with Crippen LogP contribution in [-0.4, -0.2) is 65.7 Å². The maximum absolute atomic E-state index is 12.8. The summed E-state index contributed by atoms with van der Waals surface area (Å²) >= 11 is 0. The van der Waals surface area contributed by atoms with Gasteiger partial charge in [-0.05, 0) is 38.6 Å². The number of amides is 1. The summed E-state index contributed by atoms with van der Waals surface area (Å²) in [6, 6.07) is 0.370. The minimum absolute atomic E-state index is 0. The molecule has 1 aliphatic heterocycles. The minimum atomic E-state index is -0.308. The van der Waals surface area contributed by atoms with E-state index in [0.29, 0.717) is 31.0 Å². The number of aliphatic hydroxyl groups excluding tert-OH is 1. The van der Waals surface area contributed by atoms with E-state index >= 15 is 0 Å². The third-order valence-electron chi connectivity index (χ3n) is 5.17. The molecular formula is C16H33Cl2N3O2. The van der Waals surface area contributed by atoms with Gasteiger partial charge in [0, 0.05) is 38.1 Å². The van der Waals surface area contributed by atoms with E-state index < -0.39 is 0 Å². The number of halogens is 2. The molecule has 2 unspecified atom stereocenters. The van der Waals surface area contributed by atoms with Gasteiger partial charge in [-0.2, -0.15) is 0 Å². The van der Waals surface area contributed by atoms with Crippen LogP contribution < -0.4 is 5.73 Å². The number of hydrogen-bond donors (Lipinski definition) is 2. The van der Waals surface area contributed by atoms with E-state index in [1.165, 1.54) is 0 Å². The lowest BCUT2D eigenvalue weighted by Gasteiger charge is -2.42. The zero-order chi connectivity index (χ0) is 15.4. The average Bonchev–Trinajstić information content (AvgIpc) is 2.94. The van der Waals surface area contributed by atoms with Crippen molar-refractivity contribution in [2.45, 2.75) is 51.7 Å². The quantitative estimate of drug-likeness (QED) is 0.770. The summed E-state index contributed by atoms with van der Waals surface area (Å²) in [7, 11) is 0. The van der Waals surface area contributed by atoms with Crippen molar-refractivity contribution in [3.63, 3.8) is 0 Å². The Hall–Kier alpha value is -0.0700. The van der Waals surface area contributed by atoms with Crippen LogP contribution in [0.2, 0.25) is 0 Å². The van der Waals surface area contributed by atoms with E-state index in [1.54, 1.807) is 0 Å². The first-order valence-corrected chi connectivity index (χ1v) is 8.47. The Morgan fingerprint density at radius 1 is 1.30 bits per heavy atom. The van der Waals surface area contributed by atoms with Crippen LogP contribution in [0.1, 0.15) is 39.5 Å². The molecule has 2 rings (SSSR count). The number of rotatable bonds is 5. The maximum atomic E-state index is 12.8. The number of hydrogen-bond acceptors (Lipinski definition) is 4. The fourth-order valence-corrected chi connectivity index (χ4v) is 3.94. The van der Waals surface area contributed by atoms with Crippen molar-refractivity contribution in [2.75, 3.05) is 32.7 Å². The first-order chi connectivity index (χ1) is 10.1. The highest BCUT2D eigenvalue weighted by atomic mass is 35.5. The zero-order valence-electron chi connectivity index (χ0n) is 14.3. The summed E-state index contributed by atoms with van der Waals surface area (Å²) in [5, 5.41) is 9.60. The second-order valence-electron chi connectivity index (χ2n) is 6.72. The second kappa shape index (κ2) is 10.7. The number of β-amino-alcohol motifs (C(OH)–C–C–N with tert-alkyl or cyclic N) is 1. The third-order valence-corrected chi connectivity index (χ3v) is 5.17. The molecule has 0 aromatic heterocycles. The number of carbonyl (C=O) groups excluding carboxylic acids is 1. The molecular weight excluding hydrogens is 337 g/mol. The van der Waals surface area contributed by atoms with Crippen molar-refractivity contribution >= 4 is 30.7 Å². The molecule has 5 nitrogen and oxygen atoms in total. The highest BCUT2D eigenvalue weighted by Crippen LogP contribution is 2.33. The maximum Gasteiger partial charge on any atom is 0.226 e. The van der Waals surface area contributed by atoms with Gasteiger partial charge in [-0.1, -0.05) is 13.3 Å². The largest absolute Gasteiger partial charge is 0.392 e. The first-order valence-electron chi connectivity index (χ1n) is 8.47. The first kappa shape index (κ1) is 22.9. The summed E-state index contributed by atoms with van der Waals surface area (Å²) in [6.07, 6.45) is 3.95. The molecule has 0 radical (unpaired) electrons. The molecule has 0 spiro atoms. The molecule has 138 valence electrons. The van der Waals surface area contributed by atoms with Gasteiger partial charge in [0.05, 0.1) is 6.10 Å². The molecule has 23 heavy (non-hydrogen) atoms. The number of aliphatic hydroxyl groups is 1. The lowest BCUT2D eigenvalue weighted by molar-refractivity contribution is -0.140. The highest BCUT2D eigenvalue weighted by Gasteiger charge is 2.37. The van der Waals surface area contributed by atoms with Gasteiger partial charge >= 0.3 is 0 Å². The summed E-state index contributed by atoms with van der Waals surface area (Å²) in [6.45, 7) is 7.78. The smallest absolute Gasteiger partial charge is 0.226 e. The summed E-state index contributed by atoms with van der Waals surface area (Å²) < 4.78 is 0. The number of nitrogens with zero attached hydrogens (tertiary/aromatic N) is 2. The van der Waals surface area contributed by atoms with Crippen LogP contribution in [0.4, 0.5) is 0 Å². The van der Waals surface area contributed by atoms with E-state index in [9.17, 15) is 9.90 Å². The van der Waals surface area contributed by atoms with Crippen molar-refractivity contribution in [3.05, 3.63) is 0 Å². The Morgan fingerprint density at radius 2 is 2.00 bits per heavy atom. The summed E-state index contributed by atoms with van der Waals surface area (Å²) in [5.74, 6) is 0.849. The monoisotopic (exact) mass is 369 g/mol. The number of carbonyl (C=O) groups is 1. The Bertz CT molecular complexity index is 358. The molecule has 2 aliphatic rings. The molecule has 1 saturated carbocycles. The van der Waals surface area contributed by atoms with E-state index in [2.05, 4.69) is 11.8 Å². The molecule has 4 atom stereocenters. The molecule has 1 amide bonds. The van der Waals surface area contributed by atoms with Crippen LogP contribution in [0.5, 0.6) is 0 Å². The normalized spacial score (nSPS) is 29.6. The Morgan fingerprint density at radius 3 is 2.57 bits per heavy atom. The Balaban J connectivity index is 0.00000242. The fraction of sp³-hybridized carbons (Fsp3) is 0.938. The van der Waals surface area contributed by atoms with Crippen LogP contribution >= 0.6 is 24.8 Å². The SMILES string of the molecule is CCC1CN(C(=O)[C@@H]2CCC[C@@H]2CN)CCN1CC(C)O.Cl.Cl. The third kappa shape index (κ3) is 5.75. The second-order valence-corrected chi connectivity index (χ2v) is 6.72. The van der Waals surface area contributed by atoms with Crippen molar-refractivity contribution in [3.8, 4) is 0 Å². The Kier molecular flexibility index (Phi) is 10.7. The van der Waals surface area contributed by atoms with Gasteiger partial charge in [-0.25, -0.2) is 0 Å². The van der Waals surface area contributed by atoms with Crippen molar-refractivity contribution < 1.29 is 9.90 Å². The topological polar surface area (TPSA) is 69.8 Å². The fourth-order valence-electron chi connectivity index (χ4n) is 3.94. The van der Waals surface area contributed by atoms with Crippen molar-refractivity contribution in [1.29, 1.82) is 0 Å². The summed E-state index contributed by atoms with van der Waals surface area (Å²) in [5.41, 5.74) is 5.82. The Labute approximate surface area is 152 Å². The number of nitrogens with two attached hydrogens (primary N) is 1. The summed E-state index contributed by atoms with van der Waals surface area (Å²) in [4.78, 5) is 17.1. The van der Waals surface area contributed by atoms with Crippen LogP contribution in [0.15, 0.2) is 0 Å². The molecule has 2 fully saturated rings. The van der Waals surface area contributed by atoms with Crippen LogP contribution in [0.25, 0.3) is 0 Å². The molecule has 1 saturated heterocycles. The van der Waals surface area contributed by atoms with E-state index in [-0.39, 0.29) is 36.8 Å². The molecule has 1 aliphatic carbocycles. The lowest BCUT2D eigenvalue weighted by Crippen LogP contribution is -2.57. The number of piperazine rings is 1. The lowest BCUT2D eigenvalue weighted by atomic mass is 9.94. The van der Waals surface area contributed by atoms with E-state index in [0.717, 1.165) is 45.3 Å². The van der Waals surface area contributed by atoms with Gasteiger partial charge in [-0.3, -0.25) is 9.69 Å². The zero-order valence-corrected chi connectivity index (χ0v) is 16.0. The van der Waals surface area contributed by atoms with Gasteiger partial charge in [-0.15, -0.1) is 24.8 Å².